The van der Waals surface area contributed by atoms with Gasteiger partial charge in [0, 0.05) is 28.0 Å². The van der Waals surface area contributed by atoms with Crippen LogP contribution in [0, 0.1) is 0 Å². The van der Waals surface area contributed by atoms with Crippen molar-refractivity contribution in [2.45, 2.75) is 18.5 Å². The second-order valence-corrected chi connectivity index (χ2v) is 9.07. The van der Waals surface area contributed by atoms with E-state index < -0.39 is 6.04 Å². The lowest BCUT2D eigenvalue weighted by Gasteiger charge is -2.37. The summed E-state index contributed by atoms with van der Waals surface area (Å²) in [7, 11) is 1.60. The standard InChI is InChI=1S/C26H20ClN3O2S/c1-32-22-9-5-4-8-20(22)30-25(31)21-14-18-17-6-2-3-7-19(17)28-23(18)24(29(21)26(30)33)15-10-12-16(27)13-11-15/h2-13,21,24,28H,14H2,1H3. The van der Waals surface area contributed by atoms with E-state index in [0.717, 1.165) is 27.7 Å². The van der Waals surface area contributed by atoms with Gasteiger partial charge >= 0.3 is 0 Å². The number of ether oxygens (including phenoxy) is 1. The van der Waals surface area contributed by atoms with E-state index in [9.17, 15) is 4.79 Å². The van der Waals surface area contributed by atoms with Crippen LogP contribution in [0.4, 0.5) is 5.69 Å². The van der Waals surface area contributed by atoms with Gasteiger partial charge in [-0.1, -0.05) is 54.1 Å². The zero-order valence-electron chi connectivity index (χ0n) is 17.8. The Labute approximate surface area is 201 Å². The molecule has 4 aromatic rings. The predicted molar refractivity (Wildman–Crippen MR) is 134 cm³/mol. The summed E-state index contributed by atoms with van der Waals surface area (Å²) in [6.45, 7) is 0. The first-order valence-electron chi connectivity index (χ1n) is 10.7. The first kappa shape index (κ1) is 20.3. The van der Waals surface area contributed by atoms with E-state index in [-0.39, 0.29) is 11.9 Å². The number of H-pyrrole nitrogens is 1. The number of aromatic nitrogens is 1. The smallest absolute Gasteiger partial charge is 0.256 e. The molecule has 2 aliphatic heterocycles. The van der Waals surface area contributed by atoms with Crippen LogP contribution in [0.1, 0.15) is 22.9 Å². The number of aromatic amines is 1. The van der Waals surface area contributed by atoms with Gasteiger partial charge in [-0.15, -0.1) is 0 Å². The lowest BCUT2D eigenvalue weighted by molar-refractivity contribution is -0.120. The topological polar surface area (TPSA) is 48.6 Å². The second kappa shape index (κ2) is 7.61. The molecule has 1 aromatic heterocycles. The lowest BCUT2D eigenvalue weighted by Crippen LogP contribution is -2.44. The third-order valence-corrected chi connectivity index (χ3v) is 7.21. The number of methoxy groups -OCH3 is 1. The number of fused-ring (bicyclic) bond motifs is 4. The molecular formula is C26H20ClN3O2S. The molecule has 1 N–H and O–H groups in total. The summed E-state index contributed by atoms with van der Waals surface area (Å²) in [5.74, 6) is 0.569. The third kappa shape index (κ3) is 2.98. The van der Waals surface area contributed by atoms with Crippen LogP contribution in [-0.4, -0.2) is 34.1 Å². The minimum atomic E-state index is -0.408. The Morgan fingerprint density at radius 2 is 1.76 bits per heavy atom. The average Bonchev–Trinajstić information content (AvgIpc) is 3.33. The minimum Gasteiger partial charge on any atom is -0.495 e. The van der Waals surface area contributed by atoms with E-state index in [4.69, 9.17) is 28.6 Å². The number of hydrogen-bond acceptors (Lipinski definition) is 3. The fourth-order valence-electron chi connectivity index (χ4n) is 5.10. The van der Waals surface area contributed by atoms with Crippen molar-refractivity contribution in [2.75, 3.05) is 12.0 Å². The number of hydrogen-bond donors (Lipinski definition) is 1. The Balaban J connectivity index is 1.55. The maximum absolute atomic E-state index is 13.8. The first-order chi connectivity index (χ1) is 16.1. The predicted octanol–water partition coefficient (Wildman–Crippen LogP) is 5.48. The summed E-state index contributed by atoms with van der Waals surface area (Å²) in [5.41, 5.74) is 4.96. The van der Waals surface area contributed by atoms with Crippen molar-refractivity contribution in [1.29, 1.82) is 0 Å². The van der Waals surface area contributed by atoms with Crippen molar-refractivity contribution in [3.63, 3.8) is 0 Å². The van der Waals surface area contributed by atoms with E-state index in [1.165, 1.54) is 0 Å². The lowest BCUT2D eigenvalue weighted by atomic mass is 9.89. The van der Waals surface area contributed by atoms with Crippen LogP contribution in [-0.2, 0) is 11.2 Å². The molecule has 2 aliphatic rings. The Morgan fingerprint density at radius 3 is 2.55 bits per heavy atom. The fraction of sp³-hybridized carbons (Fsp3) is 0.154. The molecule has 2 atom stereocenters. The average molecular weight is 474 g/mol. The monoisotopic (exact) mass is 473 g/mol. The molecular weight excluding hydrogens is 454 g/mol. The number of carbonyl (C=O) groups excluding carboxylic acids is 1. The van der Waals surface area contributed by atoms with Crippen LogP contribution in [0.2, 0.25) is 5.02 Å². The zero-order valence-corrected chi connectivity index (χ0v) is 19.4. The van der Waals surface area contributed by atoms with Crippen LogP contribution in [0.3, 0.4) is 0 Å². The van der Waals surface area contributed by atoms with Gasteiger partial charge in [-0.05, 0) is 53.7 Å². The normalized spacial score (nSPS) is 19.7. The van der Waals surface area contributed by atoms with Gasteiger partial charge in [-0.2, -0.15) is 0 Å². The molecule has 1 amide bonds. The van der Waals surface area contributed by atoms with E-state index in [1.807, 2.05) is 60.7 Å². The highest BCUT2D eigenvalue weighted by molar-refractivity contribution is 7.80. The van der Waals surface area contributed by atoms with Gasteiger partial charge in [-0.25, -0.2) is 0 Å². The number of rotatable bonds is 3. The molecule has 33 heavy (non-hydrogen) atoms. The molecule has 0 saturated carbocycles. The van der Waals surface area contributed by atoms with Crippen LogP contribution >= 0.6 is 23.8 Å². The van der Waals surface area contributed by atoms with Crippen LogP contribution in [0.5, 0.6) is 5.75 Å². The quantitative estimate of drug-likeness (QED) is 0.400. The molecule has 6 rings (SSSR count). The van der Waals surface area contributed by atoms with E-state index in [2.05, 4.69) is 22.0 Å². The van der Waals surface area contributed by atoms with Gasteiger partial charge in [0.05, 0.1) is 18.8 Å². The Morgan fingerprint density at radius 1 is 1.03 bits per heavy atom. The van der Waals surface area contributed by atoms with Crippen LogP contribution < -0.4 is 9.64 Å². The number of amides is 1. The van der Waals surface area contributed by atoms with Crippen molar-refractivity contribution in [2.24, 2.45) is 0 Å². The number of carbonyl (C=O) groups is 1. The first-order valence-corrected chi connectivity index (χ1v) is 11.5. The largest absolute Gasteiger partial charge is 0.495 e. The summed E-state index contributed by atoms with van der Waals surface area (Å²) in [6, 6.07) is 22.8. The van der Waals surface area contributed by atoms with Crippen molar-refractivity contribution < 1.29 is 9.53 Å². The molecule has 3 heterocycles. The maximum Gasteiger partial charge on any atom is 0.256 e. The summed E-state index contributed by atoms with van der Waals surface area (Å²) in [4.78, 5) is 21.1. The Bertz CT molecular complexity index is 1410. The second-order valence-electron chi connectivity index (χ2n) is 8.27. The third-order valence-electron chi connectivity index (χ3n) is 6.56. The molecule has 2 unspecified atom stereocenters. The van der Waals surface area contributed by atoms with Gasteiger partial charge in [0.15, 0.2) is 5.11 Å². The highest BCUT2D eigenvalue weighted by Gasteiger charge is 2.51. The zero-order chi connectivity index (χ0) is 22.7. The molecule has 5 nitrogen and oxygen atoms in total. The maximum atomic E-state index is 13.8. The number of nitrogens with zero attached hydrogens (tertiary/aromatic N) is 2. The van der Waals surface area contributed by atoms with Gasteiger partial charge in [0.2, 0.25) is 0 Å². The van der Waals surface area contributed by atoms with Crippen molar-refractivity contribution >= 4 is 51.4 Å². The number of anilines is 1. The van der Waals surface area contributed by atoms with Gasteiger partial charge in [0.25, 0.3) is 5.91 Å². The summed E-state index contributed by atoms with van der Waals surface area (Å²) in [6.07, 6.45) is 0.577. The van der Waals surface area contributed by atoms with Crippen LogP contribution in [0.25, 0.3) is 10.9 Å². The number of benzene rings is 3. The van der Waals surface area contributed by atoms with Crippen LogP contribution in [0.15, 0.2) is 72.8 Å². The minimum absolute atomic E-state index is 0.0422. The van der Waals surface area contributed by atoms with Gasteiger partial charge in [-0.3, -0.25) is 9.69 Å². The van der Waals surface area contributed by atoms with Gasteiger partial charge in [0.1, 0.15) is 11.8 Å². The Hall–Kier alpha value is -3.35. The molecule has 7 heteroatoms. The van der Waals surface area contributed by atoms with E-state index >= 15 is 0 Å². The summed E-state index contributed by atoms with van der Waals surface area (Å²) < 4.78 is 5.54. The number of halogens is 1. The van der Waals surface area contributed by atoms with E-state index in [0.29, 0.717) is 28.0 Å². The summed E-state index contributed by atoms with van der Waals surface area (Å²) in [5, 5.41) is 2.28. The van der Waals surface area contributed by atoms with Crippen molar-refractivity contribution in [1.82, 2.24) is 9.88 Å². The molecule has 0 spiro atoms. The highest BCUT2D eigenvalue weighted by Crippen LogP contribution is 2.46. The molecule has 0 radical (unpaired) electrons. The Kier molecular flexibility index (Phi) is 4.67. The summed E-state index contributed by atoms with van der Waals surface area (Å²) >= 11 is 12.1. The molecule has 1 fully saturated rings. The van der Waals surface area contributed by atoms with Crippen molar-refractivity contribution in [3.8, 4) is 5.75 Å². The molecule has 164 valence electrons. The number of para-hydroxylation sites is 3. The highest BCUT2D eigenvalue weighted by atomic mass is 35.5. The number of thiocarbonyl (C=S) groups is 1. The van der Waals surface area contributed by atoms with E-state index in [1.54, 1.807) is 12.0 Å². The number of nitrogens with one attached hydrogen (secondary N) is 1. The molecule has 3 aromatic carbocycles. The fourth-order valence-corrected chi connectivity index (χ4v) is 5.65. The molecule has 1 saturated heterocycles. The molecule has 0 bridgehead atoms. The van der Waals surface area contributed by atoms with Gasteiger partial charge < -0.3 is 14.6 Å². The SMILES string of the molecule is COc1ccccc1N1C(=O)C2Cc3c([nH]c4ccccc34)C(c3ccc(Cl)cc3)N2C1=S. The van der Waals surface area contributed by atoms with Crippen molar-refractivity contribution in [3.05, 3.63) is 94.6 Å². The molecule has 0 aliphatic carbocycles.